The number of hydrogen-bond donors (Lipinski definition) is 3. The van der Waals surface area contributed by atoms with Crippen molar-refractivity contribution in [1.29, 1.82) is 0 Å². The SMILES string of the molecule is CCS(=O)(=O)c1ccc([C@@H](CO)NC(=O)c2nc(C(C)(C)C)n(Cc3cccc(N4CCC(O)CC4)c3C(F)(F)F)c2C)cc1. The zero-order valence-corrected chi connectivity index (χ0v) is 27.0. The molecule has 3 aromatic rings. The van der Waals surface area contributed by atoms with Crippen LogP contribution in [-0.4, -0.2) is 65.6 Å². The van der Waals surface area contributed by atoms with Gasteiger partial charge in [0.2, 0.25) is 0 Å². The Morgan fingerprint density at radius 2 is 1.71 bits per heavy atom. The Hall–Kier alpha value is -3.42. The van der Waals surface area contributed by atoms with Crippen molar-refractivity contribution in [3.8, 4) is 0 Å². The quantitative estimate of drug-likeness (QED) is 0.305. The molecule has 1 aliphatic rings. The largest absolute Gasteiger partial charge is 0.418 e. The fourth-order valence-electron chi connectivity index (χ4n) is 5.64. The molecule has 1 amide bonds. The molecule has 2 aromatic carbocycles. The number of carbonyl (C=O) groups excluding carboxylic acids is 1. The second-order valence-electron chi connectivity index (χ2n) is 12.4. The first kappa shape index (κ1) is 34.5. The lowest BCUT2D eigenvalue weighted by Crippen LogP contribution is -2.37. The Kier molecular flexibility index (Phi) is 10.1. The lowest BCUT2D eigenvalue weighted by molar-refractivity contribution is -0.137. The minimum Gasteiger partial charge on any atom is -0.394 e. The van der Waals surface area contributed by atoms with Crippen LogP contribution >= 0.6 is 0 Å². The van der Waals surface area contributed by atoms with E-state index in [-0.39, 0.29) is 34.1 Å². The van der Waals surface area contributed by atoms with Gasteiger partial charge in [-0.3, -0.25) is 4.79 Å². The minimum absolute atomic E-state index is 0.0123. The van der Waals surface area contributed by atoms with Gasteiger partial charge in [0.05, 0.1) is 35.0 Å². The average molecular weight is 651 g/mol. The maximum Gasteiger partial charge on any atom is 0.418 e. The van der Waals surface area contributed by atoms with Gasteiger partial charge in [-0.2, -0.15) is 13.2 Å². The molecule has 0 bridgehead atoms. The third kappa shape index (κ3) is 7.53. The van der Waals surface area contributed by atoms with E-state index in [9.17, 15) is 36.6 Å². The highest BCUT2D eigenvalue weighted by Gasteiger charge is 2.39. The normalized spacial score (nSPS) is 15.7. The Morgan fingerprint density at radius 1 is 1.09 bits per heavy atom. The predicted octanol–water partition coefficient (Wildman–Crippen LogP) is 4.77. The fourth-order valence-corrected chi connectivity index (χ4v) is 6.52. The summed E-state index contributed by atoms with van der Waals surface area (Å²) in [4.78, 5) is 19.9. The number of rotatable bonds is 9. The number of imidazole rings is 1. The van der Waals surface area contributed by atoms with Crippen molar-refractivity contribution < 1.29 is 36.6 Å². The van der Waals surface area contributed by atoms with Crippen LogP contribution in [0.1, 0.15) is 85.3 Å². The Labute approximate surface area is 262 Å². The topological polar surface area (TPSA) is 125 Å². The van der Waals surface area contributed by atoms with Crippen molar-refractivity contribution in [3.05, 3.63) is 76.4 Å². The molecule has 1 aromatic heterocycles. The molecule has 4 rings (SSSR count). The number of hydrogen-bond acceptors (Lipinski definition) is 7. The molecule has 246 valence electrons. The molecule has 1 saturated heterocycles. The Bertz CT molecular complexity index is 1620. The first-order valence-corrected chi connectivity index (χ1v) is 16.6. The molecule has 0 aliphatic carbocycles. The molecule has 0 radical (unpaired) electrons. The molecule has 0 spiro atoms. The second kappa shape index (κ2) is 13.1. The van der Waals surface area contributed by atoms with E-state index in [1.54, 1.807) is 22.5 Å². The first-order chi connectivity index (χ1) is 21.0. The van der Waals surface area contributed by atoms with Gasteiger partial charge in [0, 0.05) is 36.4 Å². The number of benzene rings is 2. The summed E-state index contributed by atoms with van der Waals surface area (Å²) in [5.74, 6) is -0.279. The summed E-state index contributed by atoms with van der Waals surface area (Å²) in [7, 11) is -3.43. The first-order valence-electron chi connectivity index (χ1n) is 14.9. The number of aliphatic hydroxyl groups is 2. The lowest BCUT2D eigenvalue weighted by Gasteiger charge is -2.34. The van der Waals surface area contributed by atoms with Crippen LogP contribution in [0.3, 0.4) is 0 Å². The highest BCUT2D eigenvalue weighted by atomic mass is 32.2. The third-order valence-corrected chi connectivity index (χ3v) is 9.91. The molecule has 0 saturated carbocycles. The zero-order chi connectivity index (χ0) is 33.3. The van der Waals surface area contributed by atoms with E-state index < -0.39 is 51.7 Å². The number of sulfone groups is 1. The summed E-state index contributed by atoms with van der Waals surface area (Å²) >= 11 is 0. The van der Waals surface area contributed by atoms with Crippen LogP contribution in [0.25, 0.3) is 0 Å². The van der Waals surface area contributed by atoms with Gasteiger partial charge >= 0.3 is 6.18 Å². The Morgan fingerprint density at radius 3 is 2.24 bits per heavy atom. The van der Waals surface area contributed by atoms with Crippen molar-refractivity contribution in [1.82, 2.24) is 14.9 Å². The van der Waals surface area contributed by atoms with Gasteiger partial charge < -0.3 is 25.0 Å². The predicted molar refractivity (Wildman–Crippen MR) is 165 cm³/mol. The van der Waals surface area contributed by atoms with Crippen LogP contribution < -0.4 is 10.2 Å². The number of piperidine rings is 1. The van der Waals surface area contributed by atoms with Crippen LogP contribution in [0.2, 0.25) is 0 Å². The van der Waals surface area contributed by atoms with Crippen molar-refractivity contribution >= 4 is 21.4 Å². The van der Waals surface area contributed by atoms with Crippen LogP contribution in [0.4, 0.5) is 18.9 Å². The highest BCUT2D eigenvalue weighted by Crippen LogP contribution is 2.41. The Balaban J connectivity index is 1.70. The van der Waals surface area contributed by atoms with Gasteiger partial charge in [0.1, 0.15) is 11.5 Å². The van der Waals surface area contributed by atoms with E-state index in [1.165, 1.54) is 43.3 Å². The van der Waals surface area contributed by atoms with Crippen LogP contribution in [0.15, 0.2) is 47.4 Å². The van der Waals surface area contributed by atoms with Crippen LogP contribution in [-0.2, 0) is 28.0 Å². The van der Waals surface area contributed by atoms with Crippen LogP contribution in [0.5, 0.6) is 0 Å². The van der Waals surface area contributed by atoms with E-state index in [2.05, 4.69) is 10.3 Å². The highest BCUT2D eigenvalue weighted by molar-refractivity contribution is 7.91. The number of anilines is 1. The van der Waals surface area contributed by atoms with Crippen molar-refractivity contribution in [3.63, 3.8) is 0 Å². The maximum absolute atomic E-state index is 14.6. The van der Waals surface area contributed by atoms with Gasteiger partial charge in [-0.25, -0.2) is 13.4 Å². The van der Waals surface area contributed by atoms with Gasteiger partial charge in [0.25, 0.3) is 5.91 Å². The number of alkyl halides is 3. The molecule has 0 unspecified atom stereocenters. The summed E-state index contributed by atoms with van der Waals surface area (Å²) < 4.78 is 69.9. The molecule has 1 fully saturated rings. The summed E-state index contributed by atoms with van der Waals surface area (Å²) in [6.45, 7) is 8.67. The molecule has 1 atom stereocenters. The van der Waals surface area contributed by atoms with Gasteiger partial charge in [-0.15, -0.1) is 0 Å². The van der Waals surface area contributed by atoms with Gasteiger partial charge in [-0.05, 0) is 49.1 Å². The van der Waals surface area contributed by atoms with Crippen molar-refractivity contribution in [2.75, 3.05) is 30.3 Å². The van der Waals surface area contributed by atoms with E-state index in [1.807, 2.05) is 20.8 Å². The van der Waals surface area contributed by atoms with Crippen molar-refractivity contribution in [2.45, 2.75) is 82.6 Å². The number of amides is 1. The summed E-state index contributed by atoms with van der Waals surface area (Å²) in [6.07, 6.45) is -4.43. The summed E-state index contributed by atoms with van der Waals surface area (Å²) in [5.41, 5.74) is -0.460. The van der Waals surface area contributed by atoms with Crippen LogP contribution in [0, 0.1) is 6.92 Å². The molecular weight excluding hydrogens is 609 g/mol. The number of nitrogens with zero attached hydrogens (tertiary/aromatic N) is 3. The van der Waals surface area contributed by atoms with Gasteiger partial charge in [-0.1, -0.05) is 52.0 Å². The number of aliphatic hydroxyl groups excluding tert-OH is 2. The van der Waals surface area contributed by atoms with E-state index in [0.717, 1.165) is 0 Å². The molecule has 45 heavy (non-hydrogen) atoms. The fraction of sp³-hybridized carbons (Fsp3) is 0.500. The van der Waals surface area contributed by atoms with Crippen molar-refractivity contribution in [2.24, 2.45) is 0 Å². The standard InChI is InChI=1S/C32H41F3N4O5S/c1-6-45(43,44)24-12-10-21(11-13-24)25(19-40)36-29(42)28-20(2)39(30(37-28)31(3,4)5)18-22-8-7-9-26(27(22)32(33,34)35)38-16-14-23(41)15-17-38/h7-13,23,25,40-41H,6,14-19H2,1-5H3,(H,36,42)/t25-/m1/s1. The average Bonchev–Trinajstić information content (AvgIpc) is 3.31. The van der Waals surface area contributed by atoms with E-state index in [4.69, 9.17) is 0 Å². The lowest BCUT2D eigenvalue weighted by atomic mass is 9.95. The smallest absolute Gasteiger partial charge is 0.394 e. The van der Waals surface area contributed by atoms with E-state index in [0.29, 0.717) is 43.0 Å². The molecule has 13 heteroatoms. The number of halogens is 3. The molecule has 3 N–H and O–H groups in total. The number of aromatic nitrogens is 2. The zero-order valence-electron chi connectivity index (χ0n) is 26.1. The summed E-state index contributed by atoms with van der Waals surface area (Å²) in [5, 5.41) is 22.7. The number of carbonyl (C=O) groups is 1. The minimum atomic E-state index is -4.65. The number of nitrogens with one attached hydrogen (secondary N) is 1. The maximum atomic E-state index is 14.6. The molecular formula is C32H41F3N4O5S. The summed E-state index contributed by atoms with van der Waals surface area (Å²) in [6, 6.07) is 9.46. The monoisotopic (exact) mass is 650 g/mol. The third-order valence-electron chi connectivity index (χ3n) is 8.16. The van der Waals surface area contributed by atoms with Gasteiger partial charge in [0.15, 0.2) is 9.84 Å². The molecule has 9 nitrogen and oxygen atoms in total. The molecule has 2 heterocycles. The second-order valence-corrected chi connectivity index (χ2v) is 14.7. The van der Waals surface area contributed by atoms with E-state index >= 15 is 0 Å². The molecule has 1 aliphatic heterocycles.